The van der Waals surface area contributed by atoms with E-state index in [1.807, 2.05) is 76.2 Å². The zero-order chi connectivity index (χ0) is 20.5. The number of anilines is 1. The molecule has 0 radical (unpaired) electrons. The molecular weight excluding hydrogens is 354 g/mol. The normalized spacial score (nSPS) is 18.8. The van der Waals surface area contributed by atoms with Gasteiger partial charge < -0.3 is 15.0 Å². The highest BCUT2D eigenvalue weighted by atomic mass is 16.6. The summed E-state index contributed by atoms with van der Waals surface area (Å²) < 4.78 is 5.52. The zero-order valence-corrected chi connectivity index (χ0v) is 17.3. The van der Waals surface area contributed by atoms with E-state index in [0.717, 1.165) is 23.4 Å². The number of benzene rings is 1. The van der Waals surface area contributed by atoms with Crippen LogP contribution < -0.4 is 10.2 Å². The lowest BCUT2D eigenvalue weighted by Gasteiger charge is -2.28. The lowest BCUT2D eigenvalue weighted by molar-refractivity contribution is 0.0324. The van der Waals surface area contributed by atoms with Gasteiger partial charge in [0.25, 0.3) is 5.91 Å². The molecule has 0 saturated heterocycles. The standard InChI is InChI=1S/C22H29N3O3/c1-22(2,3)28-21(27)25-13-12-15-6-9-17(14-19(15)25)23-20(26)16-7-10-18(11-8-16)24(4)5/h6-11,17H,12-14H2,1-5H3,(H,23,26). The molecule has 0 aromatic heterocycles. The maximum atomic E-state index is 12.6. The molecule has 0 saturated carbocycles. The van der Waals surface area contributed by atoms with Gasteiger partial charge in [-0.25, -0.2) is 4.79 Å². The van der Waals surface area contributed by atoms with Gasteiger partial charge in [-0.2, -0.15) is 0 Å². The molecule has 150 valence electrons. The van der Waals surface area contributed by atoms with Crippen LogP contribution >= 0.6 is 0 Å². The molecule has 6 heteroatoms. The van der Waals surface area contributed by atoms with Crippen LogP contribution in [0.4, 0.5) is 10.5 Å². The van der Waals surface area contributed by atoms with Crippen molar-refractivity contribution in [3.63, 3.8) is 0 Å². The van der Waals surface area contributed by atoms with Gasteiger partial charge in [0.2, 0.25) is 0 Å². The fraction of sp³-hybridized carbons (Fsp3) is 0.455. The Morgan fingerprint density at radius 2 is 1.86 bits per heavy atom. The highest BCUT2D eigenvalue weighted by Gasteiger charge is 2.33. The molecule has 28 heavy (non-hydrogen) atoms. The maximum absolute atomic E-state index is 12.6. The molecule has 2 aliphatic rings. The first kappa shape index (κ1) is 20.0. The van der Waals surface area contributed by atoms with E-state index in [-0.39, 0.29) is 18.0 Å². The number of rotatable bonds is 3. The highest BCUT2D eigenvalue weighted by molar-refractivity contribution is 5.95. The van der Waals surface area contributed by atoms with Crippen molar-refractivity contribution in [1.29, 1.82) is 0 Å². The van der Waals surface area contributed by atoms with E-state index in [4.69, 9.17) is 4.74 Å². The lowest BCUT2D eigenvalue weighted by Crippen LogP contribution is -2.39. The van der Waals surface area contributed by atoms with Crippen molar-refractivity contribution in [3.05, 3.63) is 53.3 Å². The van der Waals surface area contributed by atoms with Gasteiger partial charge in [0.1, 0.15) is 5.60 Å². The van der Waals surface area contributed by atoms with Crippen LogP contribution in [0.5, 0.6) is 0 Å². The molecule has 1 N–H and O–H groups in total. The number of ether oxygens (including phenoxy) is 1. The van der Waals surface area contributed by atoms with Crippen LogP contribution in [0, 0.1) is 0 Å². The summed E-state index contributed by atoms with van der Waals surface area (Å²) in [5.74, 6) is -0.120. The van der Waals surface area contributed by atoms with E-state index in [1.54, 1.807) is 4.90 Å². The quantitative estimate of drug-likeness (QED) is 0.864. The smallest absolute Gasteiger partial charge is 0.414 e. The van der Waals surface area contributed by atoms with E-state index in [1.165, 1.54) is 0 Å². The van der Waals surface area contributed by atoms with E-state index in [9.17, 15) is 9.59 Å². The Balaban J connectivity index is 1.64. The molecule has 1 aliphatic heterocycles. The first-order valence-corrected chi connectivity index (χ1v) is 9.63. The summed E-state index contributed by atoms with van der Waals surface area (Å²) in [4.78, 5) is 28.8. The Labute approximate surface area is 166 Å². The molecule has 0 spiro atoms. The number of hydrogen-bond donors (Lipinski definition) is 1. The average Bonchev–Trinajstić information content (AvgIpc) is 3.03. The minimum Gasteiger partial charge on any atom is -0.443 e. The third kappa shape index (κ3) is 4.55. The zero-order valence-electron chi connectivity index (χ0n) is 17.3. The van der Waals surface area contributed by atoms with Gasteiger partial charge in [-0.1, -0.05) is 12.2 Å². The van der Waals surface area contributed by atoms with Gasteiger partial charge in [0, 0.05) is 44.0 Å². The summed E-state index contributed by atoms with van der Waals surface area (Å²) in [6, 6.07) is 7.35. The number of hydrogen-bond acceptors (Lipinski definition) is 4. The van der Waals surface area contributed by atoms with Crippen LogP contribution in [0.3, 0.4) is 0 Å². The van der Waals surface area contributed by atoms with Crippen LogP contribution in [0.1, 0.15) is 44.0 Å². The lowest BCUT2D eigenvalue weighted by atomic mass is 9.99. The highest BCUT2D eigenvalue weighted by Crippen LogP contribution is 2.32. The maximum Gasteiger partial charge on any atom is 0.414 e. The van der Waals surface area contributed by atoms with Crippen LogP contribution in [-0.4, -0.2) is 49.2 Å². The van der Waals surface area contributed by atoms with Gasteiger partial charge in [-0.3, -0.25) is 9.69 Å². The van der Waals surface area contributed by atoms with E-state index >= 15 is 0 Å². The number of amides is 2. The number of nitrogens with zero attached hydrogens (tertiary/aromatic N) is 2. The van der Waals surface area contributed by atoms with Crippen molar-refractivity contribution in [3.8, 4) is 0 Å². The first-order valence-electron chi connectivity index (χ1n) is 9.63. The minimum atomic E-state index is -0.531. The SMILES string of the molecule is CN(C)c1ccc(C(=O)NC2C=CC3=C(C2)N(C(=O)OC(C)(C)C)CC3)cc1. The largest absolute Gasteiger partial charge is 0.443 e. The Hall–Kier alpha value is -2.76. The Morgan fingerprint density at radius 1 is 1.18 bits per heavy atom. The fourth-order valence-corrected chi connectivity index (χ4v) is 3.39. The van der Waals surface area contributed by atoms with Gasteiger partial charge >= 0.3 is 6.09 Å². The van der Waals surface area contributed by atoms with Gasteiger partial charge in [-0.15, -0.1) is 0 Å². The van der Waals surface area contributed by atoms with Crippen LogP contribution in [0.15, 0.2) is 47.7 Å². The Morgan fingerprint density at radius 3 is 2.46 bits per heavy atom. The third-order valence-electron chi connectivity index (χ3n) is 4.82. The van der Waals surface area contributed by atoms with Crippen molar-refractivity contribution in [1.82, 2.24) is 10.2 Å². The van der Waals surface area contributed by atoms with Crippen LogP contribution in [0.25, 0.3) is 0 Å². The molecule has 1 heterocycles. The molecule has 2 amide bonds. The molecule has 1 aromatic carbocycles. The summed E-state index contributed by atoms with van der Waals surface area (Å²) in [7, 11) is 3.93. The summed E-state index contributed by atoms with van der Waals surface area (Å²) >= 11 is 0. The molecule has 0 bridgehead atoms. The molecular formula is C22H29N3O3. The topological polar surface area (TPSA) is 61.9 Å². The summed E-state index contributed by atoms with van der Waals surface area (Å²) in [6.45, 7) is 6.21. The second kappa shape index (κ2) is 7.70. The molecule has 1 aliphatic carbocycles. The van der Waals surface area contributed by atoms with E-state index in [2.05, 4.69) is 5.32 Å². The molecule has 0 fully saturated rings. The first-order chi connectivity index (χ1) is 13.1. The average molecular weight is 383 g/mol. The number of carbonyl (C=O) groups is 2. The van der Waals surface area contributed by atoms with Crippen molar-refractivity contribution in [2.45, 2.75) is 45.3 Å². The van der Waals surface area contributed by atoms with Crippen molar-refractivity contribution < 1.29 is 14.3 Å². The second-order valence-corrected chi connectivity index (χ2v) is 8.44. The summed E-state index contributed by atoms with van der Waals surface area (Å²) in [6.07, 6.45) is 5.11. The number of nitrogens with one attached hydrogen (secondary N) is 1. The Bertz CT molecular complexity index is 816. The molecule has 1 aromatic rings. The summed E-state index contributed by atoms with van der Waals surface area (Å²) in [5.41, 5.74) is 3.23. The number of carbonyl (C=O) groups excluding carboxylic acids is 2. The predicted octanol–water partition coefficient (Wildman–Crippen LogP) is 3.71. The van der Waals surface area contributed by atoms with Crippen molar-refractivity contribution in [2.24, 2.45) is 0 Å². The predicted molar refractivity (Wildman–Crippen MR) is 110 cm³/mol. The van der Waals surface area contributed by atoms with E-state index in [0.29, 0.717) is 18.5 Å². The molecule has 3 rings (SSSR count). The van der Waals surface area contributed by atoms with Crippen LogP contribution in [-0.2, 0) is 4.74 Å². The van der Waals surface area contributed by atoms with Gasteiger partial charge in [0.05, 0.1) is 6.04 Å². The Kier molecular flexibility index (Phi) is 5.49. The molecule has 6 nitrogen and oxygen atoms in total. The molecule has 1 unspecified atom stereocenters. The van der Waals surface area contributed by atoms with Gasteiger partial charge in [-0.05, 0) is 57.0 Å². The third-order valence-corrected chi connectivity index (χ3v) is 4.82. The summed E-state index contributed by atoms with van der Waals surface area (Å²) in [5, 5.41) is 3.05. The number of allylic oxidation sites excluding steroid dienone is 1. The molecule has 1 atom stereocenters. The van der Waals surface area contributed by atoms with Crippen LogP contribution in [0.2, 0.25) is 0 Å². The monoisotopic (exact) mass is 383 g/mol. The second-order valence-electron chi connectivity index (χ2n) is 8.44. The minimum absolute atomic E-state index is 0.120. The van der Waals surface area contributed by atoms with Gasteiger partial charge in [0.15, 0.2) is 0 Å². The van der Waals surface area contributed by atoms with Crippen molar-refractivity contribution >= 4 is 17.7 Å². The van der Waals surface area contributed by atoms with Crippen molar-refractivity contribution in [2.75, 3.05) is 25.5 Å². The fourth-order valence-electron chi connectivity index (χ4n) is 3.39. The van der Waals surface area contributed by atoms with E-state index < -0.39 is 5.60 Å².